The van der Waals surface area contributed by atoms with Gasteiger partial charge in [-0.3, -0.25) is 0 Å². The second-order valence-corrected chi connectivity index (χ2v) is 7.96. The van der Waals surface area contributed by atoms with E-state index in [1.807, 2.05) is 6.07 Å². The van der Waals surface area contributed by atoms with Crippen LogP contribution in [0.15, 0.2) is 16.7 Å². The van der Waals surface area contributed by atoms with Gasteiger partial charge in [-0.1, -0.05) is 0 Å². The first-order chi connectivity index (χ1) is 12.6. The van der Waals surface area contributed by atoms with Crippen LogP contribution in [0.3, 0.4) is 0 Å². The van der Waals surface area contributed by atoms with E-state index < -0.39 is 0 Å². The van der Waals surface area contributed by atoms with E-state index in [1.54, 1.807) is 24.6 Å². The lowest BCUT2D eigenvalue weighted by molar-refractivity contribution is 0.122. The molecular formula is C17H18BrN5O2S. The van der Waals surface area contributed by atoms with Crippen LogP contribution in [0.5, 0.6) is 5.88 Å². The molecule has 0 amide bonds. The highest BCUT2D eigenvalue weighted by atomic mass is 79.9. The predicted octanol–water partition coefficient (Wildman–Crippen LogP) is 3.25. The summed E-state index contributed by atoms with van der Waals surface area (Å²) in [6, 6.07) is 1.85. The molecular weight excluding hydrogens is 418 g/mol. The van der Waals surface area contributed by atoms with Gasteiger partial charge in [-0.25, -0.2) is 15.0 Å². The summed E-state index contributed by atoms with van der Waals surface area (Å²) < 4.78 is 12.6. The maximum absolute atomic E-state index is 6.07. The van der Waals surface area contributed by atoms with E-state index in [1.165, 1.54) is 0 Å². The third-order valence-corrected chi connectivity index (χ3v) is 6.60. The molecule has 0 aromatic carbocycles. The maximum Gasteiger partial charge on any atom is 0.236 e. The van der Waals surface area contributed by atoms with E-state index in [0.717, 1.165) is 43.9 Å². The third-order valence-electron chi connectivity index (χ3n) is 4.27. The fourth-order valence-corrected chi connectivity index (χ4v) is 4.58. The van der Waals surface area contributed by atoms with Gasteiger partial charge in [-0.15, -0.1) is 11.3 Å². The summed E-state index contributed by atoms with van der Waals surface area (Å²) in [7, 11) is 1.55. The van der Waals surface area contributed by atoms with Crippen LogP contribution in [0.4, 0.5) is 11.6 Å². The molecule has 4 rings (SSSR count). The Morgan fingerprint density at radius 3 is 2.77 bits per heavy atom. The zero-order chi connectivity index (χ0) is 18.3. The van der Waals surface area contributed by atoms with Crippen molar-refractivity contribution in [1.29, 1.82) is 0 Å². The number of anilines is 2. The Morgan fingerprint density at radius 2 is 2.08 bits per heavy atom. The molecule has 3 aromatic rings. The monoisotopic (exact) mass is 435 g/mol. The number of ether oxygens (including phenoxy) is 2. The molecule has 2 N–H and O–H groups in total. The summed E-state index contributed by atoms with van der Waals surface area (Å²) in [6.45, 7) is 4.97. The lowest BCUT2D eigenvalue weighted by Gasteiger charge is -2.27. The number of aromatic nitrogens is 3. The SMILES string of the molecule is COc1ncc(-c2nc(N3CCOCC3)nc3c(Br)c(C)sc23)cc1N. The van der Waals surface area contributed by atoms with Crippen molar-refractivity contribution in [3.05, 3.63) is 21.6 Å². The van der Waals surface area contributed by atoms with E-state index in [9.17, 15) is 0 Å². The quantitative estimate of drug-likeness (QED) is 0.675. The van der Waals surface area contributed by atoms with Gasteiger partial charge in [0.1, 0.15) is 5.52 Å². The molecule has 3 aromatic heterocycles. The molecule has 1 saturated heterocycles. The van der Waals surface area contributed by atoms with Crippen LogP contribution >= 0.6 is 27.3 Å². The number of thiophene rings is 1. The van der Waals surface area contributed by atoms with Crippen LogP contribution in [0, 0.1) is 6.92 Å². The molecule has 0 unspecified atom stereocenters. The number of methoxy groups -OCH3 is 1. The standard InChI is InChI=1S/C17H18BrN5O2S/c1-9-12(18)14-15(26-9)13(10-7-11(19)16(24-2)20-8-10)21-17(22-14)23-3-5-25-6-4-23/h7-8H,3-6,19H2,1-2H3. The lowest BCUT2D eigenvalue weighted by Crippen LogP contribution is -2.37. The zero-order valence-corrected chi connectivity index (χ0v) is 16.9. The third kappa shape index (κ3) is 3.00. The molecule has 9 heteroatoms. The van der Waals surface area contributed by atoms with E-state index >= 15 is 0 Å². The summed E-state index contributed by atoms with van der Waals surface area (Å²) in [5.41, 5.74) is 9.14. The van der Waals surface area contributed by atoms with Crippen molar-refractivity contribution in [1.82, 2.24) is 15.0 Å². The highest BCUT2D eigenvalue weighted by molar-refractivity contribution is 9.10. The van der Waals surface area contributed by atoms with Crippen LogP contribution in [0.2, 0.25) is 0 Å². The molecule has 0 saturated carbocycles. The second-order valence-electron chi connectivity index (χ2n) is 5.94. The molecule has 26 heavy (non-hydrogen) atoms. The van der Waals surface area contributed by atoms with Crippen LogP contribution in [-0.2, 0) is 4.74 Å². The van der Waals surface area contributed by atoms with Gasteiger partial charge in [-0.2, -0.15) is 0 Å². The summed E-state index contributed by atoms with van der Waals surface area (Å²) in [5, 5.41) is 0. The number of halogens is 1. The van der Waals surface area contributed by atoms with E-state index in [2.05, 4.69) is 32.7 Å². The van der Waals surface area contributed by atoms with Crippen LogP contribution in [-0.4, -0.2) is 48.4 Å². The number of aryl methyl sites for hydroxylation is 1. The minimum atomic E-state index is 0.413. The normalized spacial score (nSPS) is 14.8. The first-order valence-electron chi connectivity index (χ1n) is 8.17. The average molecular weight is 436 g/mol. The fourth-order valence-electron chi connectivity index (χ4n) is 2.92. The van der Waals surface area contributed by atoms with Crippen LogP contribution < -0.4 is 15.4 Å². The lowest BCUT2D eigenvalue weighted by atomic mass is 10.2. The van der Waals surface area contributed by atoms with Crippen molar-refractivity contribution >= 4 is 49.1 Å². The summed E-state index contributed by atoms with van der Waals surface area (Å²) in [5.74, 6) is 1.11. The summed E-state index contributed by atoms with van der Waals surface area (Å²) >= 11 is 5.33. The average Bonchev–Trinajstić information content (AvgIpc) is 2.96. The molecule has 0 spiro atoms. The van der Waals surface area contributed by atoms with Gasteiger partial charge in [-0.05, 0) is 28.9 Å². The highest BCUT2D eigenvalue weighted by Crippen LogP contribution is 2.40. The largest absolute Gasteiger partial charge is 0.480 e. The maximum atomic E-state index is 6.07. The minimum absolute atomic E-state index is 0.413. The number of fused-ring (bicyclic) bond motifs is 1. The van der Waals surface area contributed by atoms with Gasteiger partial charge in [0.05, 0.1) is 40.9 Å². The molecule has 7 nitrogen and oxygen atoms in total. The number of morpholine rings is 1. The van der Waals surface area contributed by atoms with Gasteiger partial charge < -0.3 is 20.1 Å². The number of nitrogens with two attached hydrogens (primary N) is 1. The number of nitrogens with zero attached hydrogens (tertiary/aromatic N) is 4. The number of hydrogen-bond acceptors (Lipinski definition) is 8. The molecule has 1 aliphatic heterocycles. The highest BCUT2D eigenvalue weighted by Gasteiger charge is 2.21. The Kier molecular flexibility index (Phi) is 4.68. The summed E-state index contributed by atoms with van der Waals surface area (Å²) in [4.78, 5) is 17.3. The Morgan fingerprint density at radius 1 is 1.31 bits per heavy atom. The van der Waals surface area contributed by atoms with Crippen molar-refractivity contribution in [2.45, 2.75) is 6.92 Å². The molecule has 1 fully saturated rings. The van der Waals surface area contributed by atoms with E-state index in [4.69, 9.17) is 25.2 Å². The summed E-state index contributed by atoms with van der Waals surface area (Å²) in [6.07, 6.45) is 1.74. The van der Waals surface area contributed by atoms with Gasteiger partial charge in [0, 0.05) is 29.7 Å². The number of rotatable bonds is 3. The molecule has 136 valence electrons. The molecule has 0 aliphatic carbocycles. The van der Waals surface area contributed by atoms with E-state index in [-0.39, 0.29) is 0 Å². The molecule has 4 heterocycles. The zero-order valence-electron chi connectivity index (χ0n) is 14.5. The van der Waals surface area contributed by atoms with E-state index in [0.29, 0.717) is 30.7 Å². The van der Waals surface area contributed by atoms with Gasteiger partial charge in [0.2, 0.25) is 11.8 Å². The van der Waals surface area contributed by atoms with Crippen molar-refractivity contribution in [2.75, 3.05) is 44.0 Å². The number of nitrogen functional groups attached to an aromatic ring is 1. The van der Waals surface area contributed by atoms with Gasteiger partial charge in [0.25, 0.3) is 0 Å². The Hall–Kier alpha value is -1.97. The Bertz CT molecular complexity index is 971. The minimum Gasteiger partial charge on any atom is -0.480 e. The van der Waals surface area contributed by atoms with Gasteiger partial charge in [0.15, 0.2) is 0 Å². The Balaban J connectivity index is 1.91. The number of hydrogen-bond donors (Lipinski definition) is 1. The topological polar surface area (TPSA) is 86.4 Å². The van der Waals surface area contributed by atoms with Crippen molar-refractivity contribution in [3.63, 3.8) is 0 Å². The molecule has 1 aliphatic rings. The second kappa shape index (κ2) is 6.98. The van der Waals surface area contributed by atoms with Crippen molar-refractivity contribution in [3.8, 4) is 17.1 Å². The molecule has 0 atom stereocenters. The molecule has 0 radical (unpaired) electrons. The first-order valence-corrected chi connectivity index (χ1v) is 9.78. The number of pyridine rings is 1. The fraction of sp³-hybridized carbons (Fsp3) is 0.353. The first kappa shape index (κ1) is 17.4. The van der Waals surface area contributed by atoms with Crippen LogP contribution in [0.25, 0.3) is 21.5 Å². The Labute approximate surface area is 163 Å². The van der Waals surface area contributed by atoms with Crippen molar-refractivity contribution in [2.24, 2.45) is 0 Å². The smallest absolute Gasteiger partial charge is 0.236 e. The predicted molar refractivity (Wildman–Crippen MR) is 107 cm³/mol. The van der Waals surface area contributed by atoms with Crippen LogP contribution in [0.1, 0.15) is 4.88 Å². The van der Waals surface area contributed by atoms with Crippen molar-refractivity contribution < 1.29 is 9.47 Å². The molecule has 0 bridgehead atoms. The van der Waals surface area contributed by atoms with Gasteiger partial charge >= 0.3 is 0 Å².